The van der Waals surface area contributed by atoms with Gasteiger partial charge in [-0.3, -0.25) is 4.79 Å². The number of rotatable bonds is 0. The summed E-state index contributed by atoms with van der Waals surface area (Å²) in [5.74, 6) is -0.833. The maximum absolute atomic E-state index is 9.00. The van der Waals surface area contributed by atoms with Gasteiger partial charge in [0.15, 0.2) is 0 Å². The predicted molar refractivity (Wildman–Crippen MR) is 112 cm³/mol. The Balaban J connectivity index is 0.000000443. The number of aromatic amines is 2. The SMILES string of the molecule is C1=Cc2cc3ccc(cc4nc(cc5ccc(cc1n2)[nH]5)C=C4)[nH]3.CC(=O)O.[Co]. The Labute approximate surface area is 177 Å². The van der Waals surface area contributed by atoms with E-state index in [4.69, 9.17) is 9.90 Å². The summed E-state index contributed by atoms with van der Waals surface area (Å²) in [7, 11) is 0. The van der Waals surface area contributed by atoms with Crippen LogP contribution in [-0.4, -0.2) is 31.0 Å². The van der Waals surface area contributed by atoms with E-state index in [0.29, 0.717) is 0 Å². The van der Waals surface area contributed by atoms with Gasteiger partial charge in [0.2, 0.25) is 0 Å². The van der Waals surface area contributed by atoms with E-state index in [1.807, 2.05) is 48.6 Å². The second kappa shape index (κ2) is 8.72. The molecule has 0 unspecified atom stereocenters. The van der Waals surface area contributed by atoms with E-state index in [0.717, 1.165) is 51.8 Å². The number of nitrogens with one attached hydrogen (secondary N) is 2. The predicted octanol–water partition coefficient (Wildman–Crippen LogP) is 4.74. The molecule has 0 aromatic carbocycles. The number of hydrogen-bond acceptors (Lipinski definition) is 3. The minimum absolute atomic E-state index is 0. The molecular formula is C22H18CoN4O2. The van der Waals surface area contributed by atoms with Gasteiger partial charge >= 0.3 is 0 Å². The molecule has 8 bridgehead atoms. The number of carboxylic acid groups (broad SMARTS) is 1. The van der Waals surface area contributed by atoms with E-state index in [9.17, 15) is 0 Å². The Morgan fingerprint density at radius 3 is 1.17 bits per heavy atom. The third-order valence-corrected chi connectivity index (χ3v) is 4.04. The summed E-state index contributed by atoms with van der Waals surface area (Å²) in [6, 6.07) is 16.4. The summed E-state index contributed by atoms with van der Waals surface area (Å²) in [6.07, 6.45) is 8.09. The zero-order chi connectivity index (χ0) is 19.5. The van der Waals surface area contributed by atoms with Crippen molar-refractivity contribution in [3.8, 4) is 0 Å². The molecule has 0 amide bonds. The maximum atomic E-state index is 9.00. The molecule has 0 saturated carbocycles. The summed E-state index contributed by atoms with van der Waals surface area (Å²) in [4.78, 5) is 25.0. The van der Waals surface area contributed by atoms with Crippen LogP contribution in [-0.2, 0) is 21.6 Å². The van der Waals surface area contributed by atoms with Crippen LogP contribution in [0.5, 0.6) is 0 Å². The van der Waals surface area contributed by atoms with Gasteiger partial charge < -0.3 is 15.1 Å². The number of nitrogens with zero attached hydrogens (tertiary/aromatic N) is 2. The Morgan fingerprint density at radius 1 is 0.690 bits per heavy atom. The van der Waals surface area contributed by atoms with Crippen molar-refractivity contribution in [3.05, 3.63) is 71.3 Å². The van der Waals surface area contributed by atoms with Crippen molar-refractivity contribution in [2.45, 2.75) is 6.92 Å². The minimum Gasteiger partial charge on any atom is -0.481 e. The Morgan fingerprint density at radius 2 is 0.931 bits per heavy atom. The number of aliphatic carboxylic acids is 1. The van der Waals surface area contributed by atoms with Gasteiger partial charge in [0, 0.05) is 45.8 Å². The van der Waals surface area contributed by atoms with Crippen LogP contribution in [0.25, 0.3) is 46.4 Å². The van der Waals surface area contributed by atoms with E-state index in [1.165, 1.54) is 0 Å². The zero-order valence-electron chi connectivity index (χ0n) is 15.5. The molecule has 1 radical (unpaired) electrons. The average molecular weight is 429 g/mol. The number of carboxylic acids is 1. The van der Waals surface area contributed by atoms with Crippen LogP contribution in [0.2, 0.25) is 0 Å². The van der Waals surface area contributed by atoms with Crippen LogP contribution in [0, 0.1) is 0 Å². The van der Waals surface area contributed by atoms with Crippen molar-refractivity contribution in [3.63, 3.8) is 0 Å². The molecule has 0 spiro atoms. The van der Waals surface area contributed by atoms with Gasteiger partial charge in [-0.25, -0.2) is 9.97 Å². The molecule has 0 atom stereocenters. The molecule has 2 aliphatic rings. The van der Waals surface area contributed by atoms with Crippen LogP contribution in [0.15, 0.2) is 48.5 Å². The number of hydrogen-bond donors (Lipinski definition) is 3. The summed E-state index contributed by atoms with van der Waals surface area (Å²) in [6.45, 7) is 1.08. The van der Waals surface area contributed by atoms with Crippen LogP contribution in [0.1, 0.15) is 29.7 Å². The molecule has 3 aromatic rings. The van der Waals surface area contributed by atoms with Crippen molar-refractivity contribution in [2.24, 2.45) is 0 Å². The Kier molecular flexibility index (Phi) is 6.11. The van der Waals surface area contributed by atoms with Gasteiger partial charge in [-0.1, -0.05) is 0 Å². The van der Waals surface area contributed by atoms with Gasteiger partial charge in [0.05, 0.1) is 22.8 Å². The molecule has 3 aromatic heterocycles. The number of fused-ring (bicyclic) bond motifs is 8. The number of carbonyl (C=O) groups is 1. The molecule has 7 heteroatoms. The second-order valence-electron chi connectivity index (χ2n) is 6.42. The Hall–Kier alpha value is -3.42. The Bertz CT molecular complexity index is 1090. The first-order valence-corrected chi connectivity index (χ1v) is 8.77. The van der Waals surface area contributed by atoms with Crippen LogP contribution < -0.4 is 0 Å². The molecule has 0 saturated heterocycles. The first kappa shape index (κ1) is 20.3. The van der Waals surface area contributed by atoms with Gasteiger partial charge in [-0.15, -0.1) is 0 Å². The van der Waals surface area contributed by atoms with Gasteiger partial charge in [0.1, 0.15) is 0 Å². The molecule has 3 N–H and O–H groups in total. The molecule has 0 aliphatic carbocycles. The van der Waals surface area contributed by atoms with Crippen LogP contribution >= 0.6 is 0 Å². The smallest absolute Gasteiger partial charge is 0.300 e. The van der Waals surface area contributed by atoms with E-state index < -0.39 is 5.97 Å². The molecule has 5 heterocycles. The zero-order valence-corrected chi connectivity index (χ0v) is 16.6. The first-order chi connectivity index (χ1) is 13.5. The van der Waals surface area contributed by atoms with Crippen molar-refractivity contribution >= 4 is 52.3 Å². The fraction of sp³-hybridized carbons (Fsp3) is 0.0455. The van der Waals surface area contributed by atoms with Crippen LogP contribution in [0.3, 0.4) is 0 Å². The molecular weight excluding hydrogens is 411 g/mol. The van der Waals surface area contributed by atoms with Crippen LogP contribution in [0.4, 0.5) is 0 Å². The number of H-pyrrole nitrogens is 2. The second-order valence-corrected chi connectivity index (χ2v) is 6.42. The molecule has 6 nitrogen and oxygen atoms in total. The van der Waals surface area contributed by atoms with Crippen molar-refractivity contribution in [1.29, 1.82) is 0 Å². The molecule has 147 valence electrons. The van der Waals surface area contributed by atoms with E-state index >= 15 is 0 Å². The molecule has 2 aliphatic heterocycles. The van der Waals surface area contributed by atoms with Crippen molar-refractivity contribution in [2.75, 3.05) is 0 Å². The third-order valence-electron chi connectivity index (χ3n) is 4.04. The van der Waals surface area contributed by atoms with Gasteiger partial charge in [-0.05, 0) is 72.8 Å². The monoisotopic (exact) mass is 429 g/mol. The maximum Gasteiger partial charge on any atom is 0.300 e. The van der Waals surface area contributed by atoms with Gasteiger partial charge in [0.25, 0.3) is 5.97 Å². The fourth-order valence-corrected chi connectivity index (χ4v) is 2.94. The third kappa shape index (κ3) is 5.31. The van der Waals surface area contributed by atoms with E-state index in [1.54, 1.807) is 0 Å². The molecule has 29 heavy (non-hydrogen) atoms. The summed E-state index contributed by atoms with van der Waals surface area (Å²) in [5, 5.41) is 7.42. The average Bonchev–Trinajstić information content (AvgIpc) is 3.39. The first-order valence-electron chi connectivity index (χ1n) is 8.77. The van der Waals surface area contributed by atoms with Crippen molar-refractivity contribution < 1.29 is 26.7 Å². The standard InChI is InChI=1S/C20H14N4.C2H4O2.Co/c1-2-14-10-16-5-6-18(23-16)12-20-8-7-19(24-20)11-17-4-3-15(22-17)9-13(1)21-14;1-2(3)4;/h1-12,21,24H;1H3,(H,3,4);. The topological polar surface area (TPSA) is 94.7 Å². The van der Waals surface area contributed by atoms with Gasteiger partial charge in [-0.2, -0.15) is 0 Å². The fourth-order valence-electron chi connectivity index (χ4n) is 2.94. The normalized spacial score (nSPS) is 11.3. The minimum atomic E-state index is -0.833. The quantitative estimate of drug-likeness (QED) is 0.331. The molecule has 0 fully saturated rings. The molecule has 5 rings (SSSR count). The summed E-state index contributed by atoms with van der Waals surface area (Å²) < 4.78 is 0. The van der Waals surface area contributed by atoms with E-state index in [2.05, 4.69) is 44.2 Å². The number of aromatic nitrogens is 4. The summed E-state index contributed by atoms with van der Waals surface area (Å²) >= 11 is 0. The van der Waals surface area contributed by atoms with E-state index in [-0.39, 0.29) is 16.8 Å². The summed E-state index contributed by atoms with van der Waals surface area (Å²) in [5.41, 5.74) is 7.86. The van der Waals surface area contributed by atoms with Crippen molar-refractivity contribution in [1.82, 2.24) is 19.9 Å². The largest absolute Gasteiger partial charge is 0.481 e.